The number of anilines is 1. The van der Waals surface area contributed by atoms with Crippen molar-refractivity contribution >= 4 is 21.7 Å². The third-order valence-corrected chi connectivity index (χ3v) is 5.18. The van der Waals surface area contributed by atoms with E-state index in [1.807, 2.05) is 7.05 Å². The molecular weight excluding hydrogens is 294 g/mol. The molecule has 1 saturated heterocycles. The average molecular weight is 313 g/mol. The molecule has 1 aliphatic heterocycles. The Balaban J connectivity index is 2.18. The van der Waals surface area contributed by atoms with Crippen molar-refractivity contribution in [2.75, 3.05) is 25.9 Å². The molecule has 7 nitrogen and oxygen atoms in total. The van der Waals surface area contributed by atoms with Crippen molar-refractivity contribution in [2.24, 2.45) is 0 Å². The standard InChI is InChI=1S/C13H19N3O4S/c1-16-6-4-10(5-7-16)15-21(19,20)12-3-2-9(13(17)18)8-11(12)14/h2-3,8,10,15H,4-7,14H2,1H3,(H,17,18). The fraction of sp³-hybridized carbons (Fsp3) is 0.462. The van der Waals surface area contributed by atoms with Gasteiger partial charge in [-0.2, -0.15) is 0 Å². The Morgan fingerprint density at radius 3 is 2.52 bits per heavy atom. The summed E-state index contributed by atoms with van der Waals surface area (Å²) in [6.45, 7) is 1.67. The van der Waals surface area contributed by atoms with Gasteiger partial charge < -0.3 is 15.7 Å². The molecule has 0 atom stereocenters. The fourth-order valence-electron chi connectivity index (χ4n) is 2.34. The van der Waals surface area contributed by atoms with E-state index in [0.29, 0.717) is 0 Å². The molecule has 1 fully saturated rings. The molecule has 0 aromatic heterocycles. The summed E-state index contributed by atoms with van der Waals surface area (Å²) in [5, 5.41) is 8.86. The number of sulfonamides is 1. The van der Waals surface area contributed by atoms with Crippen molar-refractivity contribution in [1.29, 1.82) is 0 Å². The minimum atomic E-state index is -3.74. The first-order valence-corrected chi connectivity index (χ1v) is 8.11. The van der Waals surface area contributed by atoms with Crippen LogP contribution in [-0.4, -0.2) is 50.6 Å². The van der Waals surface area contributed by atoms with E-state index < -0.39 is 16.0 Å². The van der Waals surface area contributed by atoms with Crippen molar-refractivity contribution in [1.82, 2.24) is 9.62 Å². The lowest BCUT2D eigenvalue weighted by molar-refractivity contribution is 0.0697. The Bertz CT molecular complexity index is 637. The minimum absolute atomic E-state index is 0.0364. The van der Waals surface area contributed by atoms with Crippen molar-refractivity contribution in [3.63, 3.8) is 0 Å². The molecule has 1 aromatic rings. The Kier molecular flexibility index (Phi) is 4.50. The van der Waals surface area contributed by atoms with Gasteiger partial charge in [0.2, 0.25) is 10.0 Å². The molecule has 2 rings (SSSR count). The molecule has 0 saturated carbocycles. The van der Waals surface area contributed by atoms with Gasteiger partial charge >= 0.3 is 5.97 Å². The third kappa shape index (κ3) is 3.72. The van der Waals surface area contributed by atoms with Crippen LogP contribution in [0.2, 0.25) is 0 Å². The topological polar surface area (TPSA) is 113 Å². The molecule has 0 radical (unpaired) electrons. The Morgan fingerprint density at radius 2 is 2.00 bits per heavy atom. The highest BCUT2D eigenvalue weighted by Gasteiger charge is 2.25. The van der Waals surface area contributed by atoms with Crippen molar-refractivity contribution < 1.29 is 18.3 Å². The van der Waals surface area contributed by atoms with Crippen LogP contribution in [0.15, 0.2) is 23.1 Å². The van der Waals surface area contributed by atoms with Gasteiger partial charge in [-0.25, -0.2) is 17.9 Å². The number of rotatable bonds is 4. The van der Waals surface area contributed by atoms with Gasteiger partial charge in [0.15, 0.2) is 0 Å². The molecule has 0 bridgehead atoms. The van der Waals surface area contributed by atoms with Crippen LogP contribution in [0.4, 0.5) is 5.69 Å². The van der Waals surface area contributed by atoms with Crippen LogP contribution in [0.3, 0.4) is 0 Å². The molecule has 21 heavy (non-hydrogen) atoms. The van der Waals surface area contributed by atoms with E-state index in [1.54, 1.807) is 0 Å². The predicted molar refractivity (Wildman–Crippen MR) is 78.7 cm³/mol. The molecule has 0 unspecified atom stereocenters. The Labute approximate surface area is 123 Å². The highest BCUT2D eigenvalue weighted by molar-refractivity contribution is 7.89. The quantitative estimate of drug-likeness (QED) is 0.691. The number of piperidine rings is 1. The second kappa shape index (κ2) is 6.00. The van der Waals surface area contributed by atoms with Gasteiger partial charge in [0, 0.05) is 6.04 Å². The van der Waals surface area contributed by atoms with Gasteiger partial charge in [0.25, 0.3) is 0 Å². The van der Waals surface area contributed by atoms with Crippen LogP contribution in [0.25, 0.3) is 0 Å². The normalized spacial score (nSPS) is 17.8. The van der Waals surface area contributed by atoms with E-state index in [2.05, 4.69) is 9.62 Å². The first kappa shape index (κ1) is 15.7. The summed E-state index contributed by atoms with van der Waals surface area (Å²) >= 11 is 0. The van der Waals surface area contributed by atoms with E-state index in [4.69, 9.17) is 10.8 Å². The zero-order chi connectivity index (χ0) is 15.6. The number of hydrogen-bond donors (Lipinski definition) is 3. The van der Waals surface area contributed by atoms with Crippen molar-refractivity contribution in [2.45, 2.75) is 23.8 Å². The van der Waals surface area contributed by atoms with Gasteiger partial charge in [0.1, 0.15) is 4.90 Å². The van der Waals surface area contributed by atoms with Gasteiger partial charge in [0.05, 0.1) is 11.3 Å². The number of carbonyl (C=O) groups is 1. The molecule has 1 aliphatic rings. The zero-order valence-corrected chi connectivity index (χ0v) is 12.6. The monoisotopic (exact) mass is 313 g/mol. The maximum atomic E-state index is 12.3. The molecule has 8 heteroatoms. The van der Waals surface area contributed by atoms with Gasteiger partial charge in [-0.1, -0.05) is 0 Å². The first-order valence-electron chi connectivity index (χ1n) is 6.63. The highest BCUT2D eigenvalue weighted by Crippen LogP contribution is 2.21. The molecule has 0 aliphatic carbocycles. The van der Waals surface area contributed by atoms with Crippen LogP contribution in [0, 0.1) is 0 Å². The summed E-state index contributed by atoms with van der Waals surface area (Å²) in [4.78, 5) is 12.9. The van der Waals surface area contributed by atoms with Gasteiger partial charge in [-0.05, 0) is 51.2 Å². The van der Waals surface area contributed by atoms with Gasteiger partial charge in [-0.15, -0.1) is 0 Å². The maximum absolute atomic E-state index is 12.3. The Morgan fingerprint density at radius 1 is 1.38 bits per heavy atom. The summed E-state index contributed by atoms with van der Waals surface area (Å²) in [7, 11) is -1.74. The summed E-state index contributed by atoms with van der Waals surface area (Å²) in [6.07, 6.45) is 1.48. The molecule has 4 N–H and O–H groups in total. The fourth-order valence-corrected chi connectivity index (χ4v) is 3.75. The minimum Gasteiger partial charge on any atom is -0.478 e. The molecule has 0 amide bonds. The largest absolute Gasteiger partial charge is 0.478 e. The van der Waals surface area contributed by atoms with Crippen molar-refractivity contribution in [3.05, 3.63) is 23.8 Å². The molecule has 0 spiro atoms. The molecular formula is C13H19N3O4S. The van der Waals surface area contributed by atoms with Gasteiger partial charge in [-0.3, -0.25) is 0 Å². The lowest BCUT2D eigenvalue weighted by Crippen LogP contribution is -2.43. The number of nitrogen functional groups attached to an aromatic ring is 1. The predicted octanol–water partition coefficient (Wildman–Crippen LogP) is 0.340. The molecule has 1 heterocycles. The number of benzene rings is 1. The van der Waals surface area contributed by atoms with E-state index >= 15 is 0 Å². The number of hydrogen-bond acceptors (Lipinski definition) is 5. The van der Waals surface area contributed by atoms with Crippen LogP contribution < -0.4 is 10.5 Å². The zero-order valence-electron chi connectivity index (χ0n) is 11.7. The SMILES string of the molecule is CN1CCC(NS(=O)(=O)c2ccc(C(=O)O)cc2N)CC1. The van der Waals surface area contributed by atoms with E-state index in [0.717, 1.165) is 32.0 Å². The summed E-state index contributed by atoms with van der Waals surface area (Å²) < 4.78 is 27.3. The lowest BCUT2D eigenvalue weighted by atomic mass is 10.1. The van der Waals surface area contributed by atoms with E-state index in [-0.39, 0.29) is 22.2 Å². The van der Waals surface area contributed by atoms with Crippen LogP contribution in [-0.2, 0) is 10.0 Å². The van der Waals surface area contributed by atoms with E-state index in [1.165, 1.54) is 12.1 Å². The van der Waals surface area contributed by atoms with Crippen LogP contribution in [0.5, 0.6) is 0 Å². The highest BCUT2D eigenvalue weighted by atomic mass is 32.2. The lowest BCUT2D eigenvalue weighted by Gasteiger charge is -2.29. The van der Waals surface area contributed by atoms with Crippen molar-refractivity contribution in [3.8, 4) is 0 Å². The number of nitrogens with zero attached hydrogens (tertiary/aromatic N) is 1. The smallest absolute Gasteiger partial charge is 0.335 e. The number of carboxylic acids is 1. The van der Waals surface area contributed by atoms with Crippen LogP contribution >= 0.6 is 0 Å². The molecule has 1 aromatic carbocycles. The first-order chi connectivity index (χ1) is 9.79. The average Bonchev–Trinajstić information content (AvgIpc) is 2.40. The number of aromatic carboxylic acids is 1. The van der Waals surface area contributed by atoms with Crippen LogP contribution in [0.1, 0.15) is 23.2 Å². The molecule has 116 valence electrons. The second-order valence-electron chi connectivity index (χ2n) is 5.26. The number of nitrogens with one attached hydrogen (secondary N) is 1. The number of likely N-dealkylation sites (tertiary alicyclic amines) is 1. The third-order valence-electron chi connectivity index (χ3n) is 3.59. The second-order valence-corrected chi connectivity index (χ2v) is 6.94. The number of nitrogens with two attached hydrogens (primary N) is 1. The Hall–Kier alpha value is -1.64. The summed E-state index contributed by atoms with van der Waals surface area (Å²) in [5.74, 6) is -1.14. The summed E-state index contributed by atoms with van der Waals surface area (Å²) in [5.41, 5.74) is 5.59. The number of carboxylic acid groups (broad SMARTS) is 1. The maximum Gasteiger partial charge on any atom is 0.335 e. The van der Waals surface area contributed by atoms with E-state index in [9.17, 15) is 13.2 Å². The summed E-state index contributed by atoms with van der Waals surface area (Å²) in [6, 6.07) is 3.51.